The van der Waals surface area contributed by atoms with E-state index in [0.717, 1.165) is 34.9 Å². The quantitative estimate of drug-likeness (QED) is 0.803. The third kappa shape index (κ3) is 4.40. The Morgan fingerprint density at radius 1 is 1.00 bits per heavy atom. The lowest BCUT2D eigenvalue weighted by Gasteiger charge is -2.34. The number of anilines is 1. The van der Waals surface area contributed by atoms with Crippen LogP contribution in [0.2, 0.25) is 0 Å². The van der Waals surface area contributed by atoms with E-state index in [2.05, 4.69) is 14.9 Å². The molecule has 1 aromatic carbocycles. The average Bonchev–Trinajstić information content (AvgIpc) is 2.63. The van der Waals surface area contributed by atoms with Crippen LogP contribution in [0.25, 0.3) is 0 Å². The van der Waals surface area contributed by atoms with Gasteiger partial charge in [-0.1, -0.05) is 36.8 Å². The van der Waals surface area contributed by atoms with Gasteiger partial charge >= 0.3 is 0 Å². The number of piperazine rings is 1. The van der Waals surface area contributed by atoms with Gasteiger partial charge in [-0.05, 0) is 19.4 Å². The van der Waals surface area contributed by atoms with Gasteiger partial charge in [-0.2, -0.15) is 4.31 Å². The highest BCUT2D eigenvalue weighted by Crippen LogP contribution is 2.19. The summed E-state index contributed by atoms with van der Waals surface area (Å²) in [5.41, 5.74) is 2.91. The summed E-state index contributed by atoms with van der Waals surface area (Å²) in [6.07, 6.45) is 0.791. The number of sulfonamides is 1. The van der Waals surface area contributed by atoms with Crippen molar-refractivity contribution in [2.75, 3.05) is 31.1 Å². The molecule has 0 N–H and O–H groups in total. The van der Waals surface area contributed by atoms with Crippen LogP contribution in [0.3, 0.4) is 0 Å². The Kier molecular flexibility index (Phi) is 5.58. The molecule has 6 nitrogen and oxygen atoms in total. The third-order valence-corrected chi connectivity index (χ3v) is 6.48. The van der Waals surface area contributed by atoms with Gasteiger partial charge in [-0.25, -0.2) is 18.4 Å². The van der Waals surface area contributed by atoms with Gasteiger partial charge in [0.05, 0.1) is 5.75 Å². The fraction of sp³-hybridized carbons (Fsp3) is 0.474. The SMILES string of the molecule is CCc1nc(C)cc(N2CCN(S(=O)(=O)Cc3ccc(C)cc3)CC2)n1. The summed E-state index contributed by atoms with van der Waals surface area (Å²) >= 11 is 0. The van der Waals surface area contributed by atoms with Crippen LogP contribution in [-0.2, 0) is 22.2 Å². The third-order valence-electron chi connectivity index (χ3n) is 4.63. The molecule has 0 radical (unpaired) electrons. The Hall–Kier alpha value is -1.99. The van der Waals surface area contributed by atoms with Crippen molar-refractivity contribution in [2.45, 2.75) is 32.9 Å². The summed E-state index contributed by atoms with van der Waals surface area (Å²) in [5, 5.41) is 0. The fourth-order valence-electron chi connectivity index (χ4n) is 3.11. The first-order valence-corrected chi connectivity index (χ1v) is 10.6. The number of rotatable bonds is 5. The Labute approximate surface area is 155 Å². The van der Waals surface area contributed by atoms with Gasteiger partial charge < -0.3 is 4.90 Å². The van der Waals surface area contributed by atoms with Crippen LogP contribution in [0.1, 0.15) is 29.6 Å². The van der Waals surface area contributed by atoms with E-state index < -0.39 is 10.0 Å². The van der Waals surface area contributed by atoms with E-state index in [1.165, 1.54) is 0 Å². The zero-order valence-electron chi connectivity index (χ0n) is 15.6. The maximum atomic E-state index is 12.7. The molecule has 1 fully saturated rings. The minimum Gasteiger partial charge on any atom is -0.354 e. The monoisotopic (exact) mass is 374 g/mol. The van der Waals surface area contributed by atoms with Crippen molar-refractivity contribution in [3.8, 4) is 0 Å². The number of nitrogens with zero attached hydrogens (tertiary/aromatic N) is 4. The highest BCUT2D eigenvalue weighted by Gasteiger charge is 2.27. The molecule has 3 rings (SSSR count). The summed E-state index contributed by atoms with van der Waals surface area (Å²) in [6, 6.07) is 9.64. The van der Waals surface area contributed by atoms with Gasteiger partial charge in [0.15, 0.2) is 0 Å². The lowest BCUT2D eigenvalue weighted by molar-refractivity contribution is 0.383. The molecule has 140 valence electrons. The van der Waals surface area contributed by atoms with E-state index >= 15 is 0 Å². The van der Waals surface area contributed by atoms with Crippen molar-refractivity contribution in [2.24, 2.45) is 0 Å². The molecular weight excluding hydrogens is 348 g/mol. The van der Waals surface area contributed by atoms with Crippen LogP contribution in [0.15, 0.2) is 30.3 Å². The Morgan fingerprint density at radius 3 is 2.27 bits per heavy atom. The lowest BCUT2D eigenvalue weighted by Crippen LogP contribution is -2.49. The molecule has 0 unspecified atom stereocenters. The standard InChI is InChI=1S/C19H26N4O2S/c1-4-18-20-16(3)13-19(21-18)22-9-11-23(12-10-22)26(24,25)14-17-7-5-15(2)6-8-17/h5-8,13H,4,9-12,14H2,1-3H3. The van der Waals surface area contributed by atoms with Gasteiger partial charge in [0.25, 0.3) is 0 Å². The van der Waals surface area contributed by atoms with E-state index in [1.807, 2.05) is 51.1 Å². The molecule has 2 heterocycles. The number of hydrogen-bond acceptors (Lipinski definition) is 5. The second-order valence-electron chi connectivity index (χ2n) is 6.77. The summed E-state index contributed by atoms with van der Waals surface area (Å²) < 4.78 is 27.0. The number of hydrogen-bond donors (Lipinski definition) is 0. The number of benzene rings is 1. The van der Waals surface area contributed by atoms with Crippen molar-refractivity contribution in [1.29, 1.82) is 0 Å². The maximum absolute atomic E-state index is 12.7. The minimum atomic E-state index is -3.30. The van der Waals surface area contributed by atoms with Crippen LogP contribution in [-0.4, -0.2) is 48.9 Å². The Balaban J connectivity index is 1.66. The topological polar surface area (TPSA) is 66.4 Å². The smallest absolute Gasteiger partial charge is 0.218 e. The molecule has 0 aliphatic carbocycles. The molecule has 0 spiro atoms. The highest BCUT2D eigenvalue weighted by atomic mass is 32.2. The van der Waals surface area contributed by atoms with Gasteiger partial charge in [0.2, 0.25) is 10.0 Å². The second-order valence-corrected chi connectivity index (χ2v) is 8.73. The van der Waals surface area contributed by atoms with Crippen LogP contribution in [0, 0.1) is 13.8 Å². The zero-order valence-corrected chi connectivity index (χ0v) is 16.5. The molecule has 2 aromatic rings. The Bertz CT molecular complexity index is 858. The zero-order chi connectivity index (χ0) is 18.7. The molecule has 7 heteroatoms. The first-order chi connectivity index (χ1) is 12.4. The first-order valence-electron chi connectivity index (χ1n) is 9.00. The van der Waals surface area contributed by atoms with Gasteiger partial charge in [0.1, 0.15) is 11.6 Å². The summed E-state index contributed by atoms with van der Waals surface area (Å²) in [4.78, 5) is 11.1. The van der Waals surface area contributed by atoms with Crippen molar-refractivity contribution < 1.29 is 8.42 Å². The number of aromatic nitrogens is 2. The van der Waals surface area contributed by atoms with Crippen molar-refractivity contribution in [1.82, 2.24) is 14.3 Å². The normalized spacial score (nSPS) is 16.0. The van der Waals surface area contributed by atoms with Crippen LogP contribution in [0.4, 0.5) is 5.82 Å². The lowest BCUT2D eigenvalue weighted by atomic mass is 10.2. The molecule has 1 aliphatic rings. The summed E-state index contributed by atoms with van der Waals surface area (Å²) in [6.45, 7) is 8.26. The van der Waals surface area contributed by atoms with E-state index in [9.17, 15) is 8.42 Å². The van der Waals surface area contributed by atoms with E-state index in [0.29, 0.717) is 26.2 Å². The largest absolute Gasteiger partial charge is 0.354 e. The molecule has 1 aromatic heterocycles. The van der Waals surface area contributed by atoms with Crippen LogP contribution >= 0.6 is 0 Å². The van der Waals surface area contributed by atoms with E-state index in [-0.39, 0.29) is 5.75 Å². The van der Waals surface area contributed by atoms with Gasteiger partial charge in [-0.3, -0.25) is 0 Å². The molecule has 0 amide bonds. The summed E-state index contributed by atoms with van der Waals surface area (Å²) in [5.74, 6) is 1.78. The molecule has 0 atom stereocenters. The molecule has 1 saturated heterocycles. The molecule has 0 saturated carbocycles. The highest BCUT2D eigenvalue weighted by molar-refractivity contribution is 7.88. The average molecular weight is 375 g/mol. The second kappa shape index (κ2) is 7.72. The van der Waals surface area contributed by atoms with Gasteiger partial charge in [0, 0.05) is 44.4 Å². The predicted octanol–water partition coefficient (Wildman–Crippen LogP) is 2.31. The molecular formula is C19H26N4O2S. The molecule has 1 aliphatic heterocycles. The minimum absolute atomic E-state index is 0.0554. The summed E-state index contributed by atoms with van der Waals surface area (Å²) in [7, 11) is -3.30. The van der Waals surface area contributed by atoms with Gasteiger partial charge in [-0.15, -0.1) is 0 Å². The van der Waals surface area contributed by atoms with Crippen LogP contribution < -0.4 is 4.90 Å². The van der Waals surface area contributed by atoms with Crippen molar-refractivity contribution in [3.63, 3.8) is 0 Å². The Morgan fingerprint density at radius 2 is 1.65 bits per heavy atom. The molecule has 0 bridgehead atoms. The predicted molar refractivity (Wildman–Crippen MR) is 104 cm³/mol. The van der Waals surface area contributed by atoms with Crippen molar-refractivity contribution in [3.05, 3.63) is 53.0 Å². The van der Waals surface area contributed by atoms with Crippen LogP contribution in [0.5, 0.6) is 0 Å². The van der Waals surface area contributed by atoms with E-state index in [1.54, 1.807) is 4.31 Å². The maximum Gasteiger partial charge on any atom is 0.218 e. The number of aryl methyl sites for hydroxylation is 3. The van der Waals surface area contributed by atoms with Crippen molar-refractivity contribution >= 4 is 15.8 Å². The fourth-order valence-corrected chi connectivity index (χ4v) is 4.63. The molecule has 26 heavy (non-hydrogen) atoms. The van der Waals surface area contributed by atoms with E-state index in [4.69, 9.17) is 0 Å². The first kappa shape index (κ1) is 18.8.